The average molecular weight is 314 g/mol. The predicted octanol–water partition coefficient (Wildman–Crippen LogP) is 4.94. The van der Waals surface area contributed by atoms with Crippen molar-refractivity contribution in [1.82, 2.24) is 0 Å². The van der Waals surface area contributed by atoms with Crippen LogP contribution in [0, 0.1) is 11.8 Å². The molecule has 1 aliphatic heterocycles. The first-order valence-corrected chi connectivity index (χ1v) is 8.08. The summed E-state index contributed by atoms with van der Waals surface area (Å²) in [6, 6.07) is 3.70. The smallest absolute Gasteiger partial charge is 0.397 e. The van der Waals surface area contributed by atoms with Crippen LogP contribution in [-0.4, -0.2) is 13.1 Å². The third-order valence-corrected chi connectivity index (χ3v) is 4.77. The summed E-state index contributed by atoms with van der Waals surface area (Å²) in [6.07, 6.45) is 0.211. The van der Waals surface area contributed by atoms with E-state index in [0.717, 1.165) is 50.2 Å². The van der Waals surface area contributed by atoms with Crippen molar-refractivity contribution in [3.05, 3.63) is 23.8 Å². The molecule has 124 valence electrons. The average Bonchev–Trinajstić information content (AvgIpc) is 2.46. The molecule has 1 aromatic rings. The molecular formula is C17H25F3N2. The molecule has 0 spiro atoms. The maximum atomic E-state index is 12.7. The molecule has 2 nitrogen and oxygen atoms in total. The number of benzene rings is 1. The number of nitrogen functional groups attached to an aromatic ring is 1. The monoisotopic (exact) mass is 314 g/mol. The van der Waals surface area contributed by atoms with Gasteiger partial charge in [-0.15, -0.1) is 0 Å². The summed E-state index contributed by atoms with van der Waals surface area (Å²) in [5, 5.41) is 0. The highest BCUT2D eigenvalue weighted by atomic mass is 19.4. The Morgan fingerprint density at radius 2 is 1.95 bits per heavy atom. The van der Waals surface area contributed by atoms with Gasteiger partial charge in [0.05, 0.1) is 16.9 Å². The Balaban J connectivity index is 2.18. The first kappa shape index (κ1) is 17.0. The van der Waals surface area contributed by atoms with Gasteiger partial charge in [-0.2, -0.15) is 13.2 Å². The summed E-state index contributed by atoms with van der Waals surface area (Å²) in [7, 11) is 0. The number of nitrogens with two attached hydrogens (primary N) is 1. The molecule has 0 aliphatic carbocycles. The zero-order chi connectivity index (χ0) is 16.3. The fourth-order valence-electron chi connectivity index (χ4n) is 3.55. The molecule has 22 heavy (non-hydrogen) atoms. The number of nitrogens with zero attached hydrogens (tertiary/aromatic N) is 1. The zero-order valence-electron chi connectivity index (χ0n) is 13.3. The molecule has 1 aromatic carbocycles. The molecule has 1 saturated heterocycles. The van der Waals surface area contributed by atoms with E-state index < -0.39 is 11.7 Å². The van der Waals surface area contributed by atoms with Gasteiger partial charge < -0.3 is 10.6 Å². The maximum absolute atomic E-state index is 12.7. The first-order chi connectivity index (χ1) is 10.4. The Morgan fingerprint density at radius 3 is 2.50 bits per heavy atom. The Morgan fingerprint density at radius 1 is 1.23 bits per heavy atom. The second kappa shape index (κ2) is 6.80. The molecule has 1 fully saturated rings. The van der Waals surface area contributed by atoms with Gasteiger partial charge in [0, 0.05) is 13.1 Å². The molecule has 0 radical (unpaired) electrons. The number of rotatable bonds is 4. The minimum absolute atomic E-state index is 0.222. The molecule has 2 atom stereocenters. The minimum atomic E-state index is -4.34. The molecule has 2 rings (SSSR count). The second-order valence-corrected chi connectivity index (χ2v) is 6.22. The zero-order valence-corrected chi connectivity index (χ0v) is 13.3. The SMILES string of the molecule is CCCC1CN(c2ccc(C(F)(F)F)cc2N)CCC1CC. The standard InChI is InChI=1S/C17H25F3N2/c1-3-5-13-11-22(9-8-12(13)4-2)16-7-6-14(10-15(16)21)17(18,19)20/h6-7,10,12-13H,3-5,8-9,11,21H2,1-2H3. The third-order valence-electron chi connectivity index (χ3n) is 4.77. The molecule has 1 aliphatic rings. The summed E-state index contributed by atoms with van der Waals surface area (Å²) in [5.74, 6) is 1.32. The van der Waals surface area contributed by atoms with E-state index in [2.05, 4.69) is 18.7 Å². The van der Waals surface area contributed by atoms with Crippen LogP contribution < -0.4 is 10.6 Å². The second-order valence-electron chi connectivity index (χ2n) is 6.22. The highest BCUT2D eigenvalue weighted by Crippen LogP contribution is 2.37. The Hall–Kier alpha value is -1.39. The number of piperidine rings is 1. The van der Waals surface area contributed by atoms with E-state index in [-0.39, 0.29) is 5.69 Å². The van der Waals surface area contributed by atoms with E-state index in [9.17, 15) is 13.2 Å². The number of halogens is 3. The van der Waals surface area contributed by atoms with Crippen molar-refractivity contribution in [2.75, 3.05) is 23.7 Å². The van der Waals surface area contributed by atoms with Crippen LogP contribution in [0.25, 0.3) is 0 Å². The van der Waals surface area contributed by atoms with Crippen LogP contribution in [0.2, 0.25) is 0 Å². The van der Waals surface area contributed by atoms with Crippen LogP contribution in [0.3, 0.4) is 0 Å². The highest BCUT2D eigenvalue weighted by molar-refractivity contribution is 5.69. The lowest BCUT2D eigenvalue weighted by atomic mass is 9.81. The van der Waals surface area contributed by atoms with E-state index in [1.54, 1.807) is 0 Å². The van der Waals surface area contributed by atoms with Gasteiger partial charge in [-0.3, -0.25) is 0 Å². The topological polar surface area (TPSA) is 29.3 Å². The summed E-state index contributed by atoms with van der Waals surface area (Å²) < 4.78 is 38.2. The molecule has 0 saturated carbocycles. The first-order valence-electron chi connectivity index (χ1n) is 8.08. The van der Waals surface area contributed by atoms with E-state index in [4.69, 9.17) is 5.73 Å². The van der Waals surface area contributed by atoms with Crippen molar-refractivity contribution in [2.45, 2.75) is 45.7 Å². The number of hydrogen-bond acceptors (Lipinski definition) is 2. The molecule has 0 amide bonds. The number of hydrogen-bond donors (Lipinski definition) is 1. The van der Waals surface area contributed by atoms with Gasteiger partial charge in [0.25, 0.3) is 0 Å². The lowest BCUT2D eigenvalue weighted by molar-refractivity contribution is -0.137. The Kier molecular flexibility index (Phi) is 5.24. The molecule has 5 heteroatoms. The van der Waals surface area contributed by atoms with Crippen LogP contribution in [0.1, 0.15) is 45.1 Å². The normalized spacial score (nSPS) is 22.9. The van der Waals surface area contributed by atoms with Crippen molar-refractivity contribution in [3.8, 4) is 0 Å². The molecule has 1 heterocycles. The van der Waals surface area contributed by atoms with Crippen LogP contribution in [0.5, 0.6) is 0 Å². The van der Waals surface area contributed by atoms with Crippen molar-refractivity contribution in [1.29, 1.82) is 0 Å². The van der Waals surface area contributed by atoms with E-state index in [1.807, 2.05) is 0 Å². The van der Waals surface area contributed by atoms with Gasteiger partial charge in [-0.05, 0) is 42.9 Å². The number of alkyl halides is 3. The third kappa shape index (κ3) is 3.68. The van der Waals surface area contributed by atoms with E-state index in [1.165, 1.54) is 12.5 Å². The Labute approximate surface area is 130 Å². The van der Waals surface area contributed by atoms with E-state index >= 15 is 0 Å². The highest BCUT2D eigenvalue weighted by Gasteiger charge is 2.32. The summed E-state index contributed by atoms with van der Waals surface area (Å²) in [6.45, 7) is 6.16. The maximum Gasteiger partial charge on any atom is 0.416 e. The minimum Gasteiger partial charge on any atom is -0.397 e. The molecule has 2 unspecified atom stereocenters. The quantitative estimate of drug-likeness (QED) is 0.798. The fraction of sp³-hybridized carbons (Fsp3) is 0.647. The molecule has 0 bridgehead atoms. The fourth-order valence-corrected chi connectivity index (χ4v) is 3.55. The van der Waals surface area contributed by atoms with Gasteiger partial charge in [-0.25, -0.2) is 0 Å². The van der Waals surface area contributed by atoms with Gasteiger partial charge in [0.15, 0.2) is 0 Å². The van der Waals surface area contributed by atoms with Crippen LogP contribution in [0.4, 0.5) is 24.5 Å². The Bertz CT molecular complexity index is 499. The van der Waals surface area contributed by atoms with Gasteiger partial charge in [0.2, 0.25) is 0 Å². The van der Waals surface area contributed by atoms with E-state index in [0.29, 0.717) is 11.8 Å². The van der Waals surface area contributed by atoms with Gasteiger partial charge in [0.1, 0.15) is 0 Å². The lowest BCUT2D eigenvalue weighted by Crippen LogP contribution is -2.40. The van der Waals surface area contributed by atoms with Crippen molar-refractivity contribution < 1.29 is 13.2 Å². The van der Waals surface area contributed by atoms with Crippen molar-refractivity contribution in [2.24, 2.45) is 11.8 Å². The van der Waals surface area contributed by atoms with Crippen LogP contribution >= 0.6 is 0 Å². The van der Waals surface area contributed by atoms with Gasteiger partial charge in [-0.1, -0.05) is 26.7 Å². The van der Waals surface area contributed by atoms with Gasteiger partial charge >= 0.3 is 6.18 Å². The van der Waals surface area contributed by atoms with Crippen LogP contribution in [0.15, 0.2) is 18.2 Å². The summed E-state index contributed by atoms with van der Waals surface area (Å²) in [5.41, 5.74) is 6.18. The summed E-state index contributed by atoms with van der Waals surface area (Å²) in [4.78, 5) is 2.15. The van der Waals surface area contributed by atoms with Crippen LogP contribution in [-0.2, 0) is 6.18 Å². The predicted molar refractivity (Wildman–Crippen MR) is 84.9 cm³/mol. The molecule has 2 N–H and O–H groups in total. The lowest BCUT2D eigenvalue weighted by Gasteiger charge is -2.40. The summed E-state index contributed by atoms with van der Waals surface area (Å²) >= 11 is 0. The van der Waals surface area contributed by atoms with Crippen molar-refractivity contribution in [3.63, 3.8) is 0 Å². The van der Waals surface area contributed by atoms with Crippen molar-refractivity contribution >= 4 is 11.4 Å². The molecule has 0 aromatic heterocycles. The largest absolute Gasteiger partial charge is 0.416 e. The molecular weight excluding hydrogens is 289 g/mol. The number of anilines is 2.